The number of piperidine rings is 1. The van der Waals surface area contributed by atoms with Crippen LogP contribution >= 0.6 is 0 Å². The summed E-state index contributed by atoms with van der Waals surface area (Å²) in [7, 11) is -1.03. The van der Waals surface area contributed by atoms with E-state index in [4.69, 9.17) is 0 Å². The van der Waals surface area contributed by atoms with Crippen molar-refractivity contribution < 1.29 is 36.0 Å². The average Bonchev–Trinajstić information content (AvgIpc) is 3.17. The van der Waals surface area contributed by atoms with Crippen molar-refractivity contribution in [2.75, 3.05) is 32.0 Å². The lowest BCUT2D eigenvalue weighted by Crippen LogP contribution is -2.51. The molecule has 10 nitrogen and oxygen atoms in total. The molecule has 14 heteroatoms. The maximum Gasteiger partial charge on any atom is 0.245 e. The fraction of sp³-hybridized carbons (Fsp3) is 0.458. The summed E-state index contributed by atoms with van der Waals surface area (Å²) in [5, 5.41) is 5.12. The molecule has 2 aromatic rings. The maximum atomic E-state index is 14.1. The second-order valence-electron chi connectivity index (χ2n) is 8.43. The third-order valence-corrected chi connectivity index (χ3v) is 7.16. The predicted molar refractivity (Wildman–Crippen MR) is 137 cm³/mol. The Balaban J connectivity index is 0.000000395. The minimum Gasteiger partial charge on any atom is -0.388 e. The summed E-state index contributed by atoms with van der Waals surface area (Å²) in [5.41, 5.74) is 0.253. The number of carbonyl (C=O) groups is 3. The Labute approximate surface area is 220 Å². The Kier molecular flexibility index (Phi) is 13.0. The fourth-order valence-electron chi connectivity index (χ4n) is 3.51. The Hall–Kier alpha value is -3.39. The summed E-state index contributed by atoms with van der Waals surface area (Å²) in [4.78, 5) is 32.6. The number of nitrogens with one attached hydrogen (secondary N) is 3. The first-order chi connectivity index (χ1) is 17.8. The number of amides is 2. The molecule has 1 aliphatic rings. The number of aryl methyl sites for hydroxylation is 1. The summed E-state index contributed by atoms with van der Waals surface area (Å²) in [6.07, 6.45) is 2.49. The van der Waals surface area contributed by atoms with Crippen LogP contribution in [0.25, 0.3) is 0 Å². The summed E-state index contributed by atoms with van der Waals surface area (Å²) in [5.74, 6) is -2.85. The van der Waals surface area contributed by atoms with Crippen molar-refractivity contribution in [3.8, 4) is 0 Å². The molecular weight excluding hydrogens is 527 g/mol. The van der Waals surface area contributed by atoms with Crippen LogP contribution < -0.4 is 15.4 Å². The van der Waals surface area contributed by atoms with E-state index in [0.29, 0.717) is 31.6 Å². The molecule has 3 N–H and O–H groups in total. The lowest BCUT2D eigenvalue weighted by Gasteiger charge is -2.36. The highest BCUT2D eigenvalue weighted by Crippen LogP contribution is 2.23. The number of aromatic nitrogens is 1. The smallest absolute Gasteiger partial charge is 0.245 e. The van der Waals surface area contributed by atoms with Crippen molar-refractivity contribution in [1.82, 2.24) is 19.5 Å². The standard InChI is InChI=1S/C14H20FN3O4S.C7H7F2N.C3H7NO/c1-9-6-18(10(2)20)5-4-11(9)16-23(21,22)13-7-17(3)12(8-19)14(13)15;1-10-5-2-3-6(8)7(9)4-5;1-2-4-3-5/h7-9,11,16H,4-6H2,1-3H3;2-4,10H,1H3;3H,2H2,1H3,(H,4,5). The van der Waals surface area contributed by atoms with Crippen molar-refractivity contribution in [3.05, 3.63) is 47.5 Å². The van der Waals surface area contributed by atoms with Crippen LogP contribution in [0.15, 0.2) is 29.3 Å². The lowest BCUT2D eigenvalue weighted by molar-refractivity contribution is -0.130. The van der Waals surface area contributed by atoms with Crippen LogP contribution in [0.2, 0.25) is 0 Å². The van der Waals surface area contributed by atoms with Crippen LogP contribution in [0.5, 0.6) is 0 Å². The van der Waals surface area contributed by atoms with E-state index in [1.54, 1.807) is 11.9 Å². The monoisotopic (exact) mass is 561 g/mol. The highest BCUT2D eigenvalue weighted by molar-refractivity contribution is 7.89. The van der Waals surface area contributed by atoms with E-state index < -0.39 is 38.4 Å². The summed E-state index contributed by atoms with van der Waals surface area (Å²) in [6.45, 7) is 6.79. The van der Waals surface area contributed by atoms with E-state index >= 15 is 0 Å². The number of likely N-dealkylation sites (tertiary alicyclic amines) is 1. The number of anilines is 1. The normalized spacial score (nSPS) is 16.8. The molecule has 0 saturated carbocycles. The van der Waals surface area contributed by atoms with Gasteiger partial charge in [0, 0.05) is 58.6 Å². The Morgan fingerprint density at radius 3 is 2.26 bits per heavy atom. The van der Waals surface area contributed by atoms with Crippen molar-refractivity contribution in [3.63, 3.8) is 0 Å². The molecule has 1 aromatic carbocycles. The largest absolute Gasteiger partial charge is 0.388 e. The molecule has 1 fully saturated rings. The second-order valence-corrected chi connectivity index (χ2v) is 10.1. The van der Waals surface area contributed by atoms with Gasteiger partial charge < -0.3 is 20.1 Å². The predicted octanol–water partition coefficient (Wildman–Crippen LogP) is 2.27. The number of nitrogens with zero attached hydrogens (tertiary/aromatic N) is 2. The van der Waals surface area contributed by atoms with Crippen LogP contribution in [-0.2, 0) is 26.7 Å². The number of sulfonamides is 1. The van der Waals surface area contributed by atoms with Gasteiger partial charge in [-0.25, -0.2) is 26.3 Å². The van der Waals surface area contributed by atoms with Crippen LogP contribution in [0, 0.1) is 23.4 Å². The minimum atomic E-state index is -4.08. The number of rotatable bonds is 7. The van der Waals surface area contributed by atoms with Gasteiger partial charge in [-0.2, -0.15) is 0 Å². The van der Waals surface area contributed by atoms with E-state index in [0.717, 1.165) is 29.4 Å². The van der Waals surface area contributed by atoms with E-state index in [9.17, 15) is 36.0 Å². The molecule has 2 unspecified atom stereocenters. The molecular formula is C24H34F3N5O5S. The quantitative estimate of drug-likeness (QED) is 0.445. The summed E-state index contributed by atoms with van der Waals surface area (Å²) < 4.78 is 67.1. The number of hydrogen-bond acceptors (Lipinski definition) is 6. The van der Waals surface area contributed by atoms with Gasteiger partial charge in [0.2, 0.25) is 22.3 Å². The van der Waals surface area contributed by atoms with Gasteiger partial charge >= 0.3 is 0 Å². The van der Waals surface area contributed by atoms with Gasteiger partial charge in [-0.1, -0.05) is 6.92 Å². The molecule has 2 atom stereocenters. The fourth-order valence-corrected chi connectivity index (χ4v) is 5.02. The average molecular weight is 562 g/mol. The molecule has 2 heterocycles. The molecule has 1 aromatic heterocycles. The molecule has 212 valence electrons. The number of hydrogen-bond donors (Lipinski definition) is 3. The molecule has 3 rings (SSSR count). The molecule has 1 saturated heterocycles. The lowest BCUT2D eigenvalue weighted by atomic mass is 9.95. The van der Waals surface area contributed by atoms with Crippen LogP contribution in [0.1, 0.15) is 37.7 Å². The SMILES string of the molecule is CC(=O)N1CCC(NS(=O)(=O)c2cn(C)c(C=O)c2F)C(C)C1.CCNC=O.CNc1ccc(F)c(F)c1. The minimum absolute atomic E-state index is 0.0529. The van der Waals surface area contributed by atoms with E-state index in [-0.39, 0.29) is 23.8 Å². The Morgan fingerprint density at radius 2 is 1.84 bits per heavy atom. The van der Waals surface area contributed by atoms with Crippen molar-refractivity contribution in [2.24, 2.45) is 13.0 Å². The molecule has 2 amide bonds. The first kappa shape index (κ1) is 32.6. The highest BCUT2D eigenvalue weighted by atomic mass is 32.2. The highest BCUT2D eigenvalue weighted by Gasteiger charge is 2.33. The van der Waals surface area contributed by atoms with Gasteiger partial charge in [0.05, 0.1) is 0 Å². The van der Waals surface area contributed by atoms with Crippen LogP contribution in [0.4, 0.5) is 18.9 Å². The first-order valence-corrected chi connectivity index (χ1v) is 13.2. The Bertz CT molecular complexity index is 1210. The molecule has 0 spiro atoms. The molecule has 0 radical (unpaired) electrons. The van der Waals surface area contributed by atoms with Crippen molar-refractivity contribution in [2.45, 2.75) is 38.1 Å². The summed E-state index contributed by atoms with van der Waals surface area (Å²) in [6, 6.07) is 3.27. The van der Waals surface area contributed by atoms with Crippen molar-refractivity contribution in [1.29, 1.82) is 0 Å². The van der Waals surface area contributed by atoms with Gasteiger partial charge in [0.25, 0.3) is 0 Å². The number of halogens is 3. The van der Waals surface area contributed by atoms with Gasteiger partial charge in [-0.15, -0.1) is 0 Å². The first-order valence-electron chi connectivity index (χ1n) is 11.7. The third kappa shape index (κ3) is 9.17. The van der Waals surface area contributed by atoms with Gasteiger partial charge in [-0.3, -0.25) is 14.4 Å². The number of carbonyl (C=O) groups excluding carboxylic acids is 3. The molecule has 1 aliphatic heterocycles. The zero-order valence-corrected chi connectivity index (χ0v) is 22.7. The topological polar surface area (TPSA) is 130 Å². The van der Waals surface area contributed by atoms with Gasteiger partial charge in [0.1, 0.15) is 10.6 Å². The zero-order chi connectivity index (χ0) is 29.0. The van der Waals surface area contributed by atoms with Gasteiger partial charge in [0.15, 0.2) is 23.7 Å². The number of benzene rings is 1. The van der Waals surface area contributed by atoms with E-state index in [1.165, 1.54) is 20.0 Å². The van der Waals surface area contributed by atoms with E-state index in [1.807, 2.05) is 13.8 Å². The van der Waals surface area contributed by atoms with Crippen LogP contribution in [0.3, 0.4) is 0 Å². The maximum absolute atomic E-state index is 14.1. The van der Waals surface area contributed by atoms with Crippen molar-refractivity contribution >= 4 is 34.3 Å². The molecule has 38 heavy (non-hydrogen) atoms. The van der Waals surface area contributed by atoms with Crippen LogP contribution in [-0.4, -0.2) is 69.2 Å². The summed E-state index contributed by atoms with van der Waals surface area (Å²) >= 11 is 0. The number of aldehydes is 1. The van der Waals surface area contributed by atoms with Gasteiger partial charge in [-0.05, 0) is 37.5 Å². The van der Waals surface area contributed by atoms with E-state index in [2.05, 4.69) is 15.4 Å². The zero-order valence-electron chi connectivity index (χ0n) is 21.9. The Morgan fingerprint density at radius 1 is 1.18 bits per heavy atom. The molecule has 0 bridgehead atoms. The second kappa shape index (κ2) is 15.1. The third-order valence-electron chi connectivity index (χ3n) is 5.69. The molecule has 0 aliphatic carbocycles.